The Morgan fingerprint density at radius 2 is 0.846 bits per heavy atom. The first-order chi connectivity index (χ1) is 57.1. The van der Waals surface area contributed by atoms with E-state index in [1.54, 1.807) is 33.7 Å². The van der Waals surface area contributed by atoms with Crippen molar-refractivity contribution < 1.29 is 102 Å². The zero-order valence-electron chi connectivity index (χ0n) is 66.7. The topological polar surface area (TPSA) is 518 Å². The van der Waals surface area contributed by atoms with Gasteiger partial charge in [-0.25, -0.2) is 56.9 Å². The molecule has 13 heterocycles. The quantitative estimate of drug-likeness (QED) is 0.0506. The Labute approximate surface area is 724 Å². The van der Waals surface area contributed by atoms with Crippen molar-refractivity contribution in [2.75, 3.05) is 166 Å². The average Bonchev–Trinajstić information content (AvgIpc) is 1.60. The van der Waals surface area contributed by atoms with Gasteiger partial charge in [-0.15, -0.1) is 12.4 Å². The van der Waals surface area contributed by atoms with Crippen LogP contribution < -0.4 is 30.2 Å². The number of ether oxygens (including phenoxy) is 2. The van der Waals surface area contributed by atoms with Gasteiger partial charge in [0, 0.05) is 167 Å². The zero-order valence-corrected chi connectivity index (χ0v) is 69.9. The number of aromatic nitrogens is 8. The molecule has 664 valence electrons. The molecule has 6 aromatic heterocycles. The van der Waals surface area contributed by atoms with E-state index in [1.165, 1.54) is 56.7 Å². The van der Waals surface area contributed by atoms with Crippen molar-refractivity contribution in [2.24, 2.45) is 0 Å². The second-order valence-corrected chi connectivity index (χ2v) is 29.9. The lowest BCUT2D eigenvalue weighted by Gasteiger charge is -2.39. The molecule has 40 nitrogen and oxygen atoms in total. The number of carbonyl (C=O) groups excluding carboxylic acids is 8. The van der Waals surface area contributed by atoms with Crippen LogP contribution in [0.2, 0.25) is 0 Å². The van der Waals surface area contributed by atoms with Gasteiger partial charge in [0.25, 0.3) is 0 Å². The maximum absolute atomic E-state index is 13.5. The third-order valence-corrected chi connectivity index (χ3v) is 21.4. The fourth-order valence-corrected chi connectivity index (χ4v) is 14.1. The van der Waals surface area contributed by atoms with Crippen LogP contribution in [-0.2, 0) is 70.3 Å². The van der Waals surface area contributed by atoms with Crippen molar-refractivity contribution in [3.63, 3.8) is 0 Å². The molecular formula is C77H97Cl2F2N21O19S2. The van der Waals surface area contributed by atoms with Crippen LogP contribution in [0.25, 0.3) is 33.8 Å². The number of esters is 2. The maximum Gasteiger partial charge on any atom is 0.396 e. The van der Waals surface area contributed by atoms with E-state index in [1.807, 2.05) is 55.2 Å². The van der Waals surface area contributed by atoms with Gasteiger partial charge in [-0.3, -0.25) is 28.8 Å². The molecule has 0 atom stereocenters. The highest BCUT2D eigenvalue weighted by Crippen LogP contribution is 2.41. The first-order valence-electron chi connectivity index (χ1n) is 37.3. The number of amides is 5. The number of carboxylic acids is 2. The number of aryl methyl sites for hydroxylation is 4. The minimum Gasteiger partial charge on any atom is -0.474 e. The van der Waals surface area contributed by atoms with E-state index >= 15 is 0 Å². The highest BCUT2D eigenvalue weighted by Gasteiger charge is 2.39. The summed E-state index contributed by atoms with van der Waals surface area (Å²) in [7, 11) is 6.03. The van der Waals surface area contributed by atoms with E-state index in [0.717, 1.165) is 121 Å². The van der Waals surface area contributed by atoms with E-state index in [9.17, 15) is 72.4 Å². The van der Waals surface area contributed by atoms with Crippen LogP contribution in [0.5, 0.6) is 0 Å². The number of nitrogens with zero attached hydrogens (tertiary/aromatic N) is 19. The normalized spacial score (nSPS) is 15.3. The summed E-state index contributed by atoms with van der Waals surface area (Å²) in [5.41, 5.74) is 9.08. The van der Waals surface area contributed by atoms with Gasteiger partial charge in [0.1, 0.15) is 67.9 Å². The van der Waals surface area contributed by atoms with Gasteiger partial charge >= 0.3 is 58.7 Å². The largest absolute Gasteiger partial charge is 0.474 e. The smallest absolute Gasteiger partial charge is 0.396 e. The van der Waals surface area contributed by atoms with E-state index in [4.69, 9.17) is 60.8 Å². The molecule has 5 amide bonds. The molecule has 46 heteroatoms. The molecule has 0 unspecified atom stereocenters. The van der Waals surface area contributed by atoms with Crippen molar-refractivity contribution in [3.8, 4) is 34.7 Å². The lowest BCUT2D eigenvalue weighted by atomic mass is 10.1. The first-order valence-corrected chi connectivity index (χ1v) is 39.3. The van der Waals surface area contributed by atoms with E-state index < -0.39 is 83.1 Å². The maximum atomic E-state index is 13.5. The molecule has 15 rings (SSSR count). The van der Waals surface area contributed by atoms with Gasteiger partial charge in [-0.1, -0.05) is 51.4 Å². The number of likely N-dealkylation sites (tertiary alicyclic amines) is 4. The number of β-amino-alcohol motifs (C(OH)–C–C–N with tert-alkyl or cyclic N) is 5. The van der Waals surface area contributed by atoms with Crippen molar-refractivity contribution in [2.45, 2.75) is 85.9 Å². The Kier molecular flexibility index (Phi) is 36.9. The molecule has 7 aliphatic rings. The third kappa shape index (κ3) is 24.8. The molecule has 0 bridgehead atoms. The predicted octanol–water partition coefficient (Wildman–Crippen LogP) is 1.75. The Morgan fingerprint density at radius 1 is 0.512 bits per heavy atom. The number of hydrogen-bond acceptors (Lipinski definition) is 33. The number of carbonyl (C=O) groups is 10. The van der Waals surface area contributed by atoms with Gasteiger partial charge in [-0.2, -0.15) is 20.7 Å². The highest BCUT2D eigenvalue weighted by atomic mass is 35.5. The number of aliphatic carboxylic acids is 2. The van der Waals surface area contributed by atoms with Crippen molar-refractivity contribution in [3.05, 3.63) is 105 Å². The lowest BCUT2D eigenvalue weighted by molar-refractivity contribution is -0.163. The van der Waals surface area contributed by atoms with Crippen molar-refractivity contribution in [1.82, 2.24) is 74.3 Å². The summed E-state index contributed by atoms with van der Waals surface area (Å²) in [5.74, 6) is -7.53. The van der Waals surface area contributed by atoms with Gasteiger partial charge in [0.05, 0.1) is 56.1 Å². The molecule has 7 fully saturated rings. The van der Waals surface area contributed by atoms with E-state index in [0.29, 0.717) is 80.8 Å². The van der Waals surface area contributed by atoms with Gasteiger partial charge in [0.15, 0.2) is 21.6 Å². The molecule has 7 saturated heterocycles. The Balaban J connectivity index is 0.000000255. The van der Waals surface area contributed by atoms with E-state index in [-0.39, 0.29) is 97.4 Å². The molecule has 0 spiro atoms. The number of carboxylic acid groups (broad SMARTS) is 2. The SMILES string of the molecule is C.C.CCc1nn2c(C)cc(N3CCN(C(=O)C(=O)N4CC(O)C4)CC3)nc2c1N(C)c1nc(-c2ccc(F)cc2)c(C#N)s1.CCc1nn2c(C)cc(N3CCNCC3)nc2c1N(C)c1nc(-c2ccc(F)cc2)c(C#N)s1.COC(=O)C(=O)Cl.COC(=O)C(=O)N1CC(O)C1.Cl.O=C(O)C(=O)N1CC(O)C1.O=C(O)C(=O)N1CC(O)C1.OC1CNC1. The molecule has 8 aromatic rings. The van der Waals surface area contributed by atoms with Crippen LogP contribution in [0.1, 0.15) is 61.2 Å². The summed E-state index contributed by atoms with van der Waals surface area (Å²) >= 11 is 7.16. The number of anilines is 6. The Bertz CT molecular complexity index is 5120. The molecule has 0 aliphatic carbocycles. The second-order valence-electron chi connectivity index (χ2n) is 27.6. The summed E-state index contributed by atoms with van der Waals surface area (Å²) in [6.45, 7) is 16.5. The van der Waals surface area contributed by atoms with Crippen LogP contribution >= 0.6 is 46.7 Å². The fraction of sp³-hybridized carbons (Fsp3) is 0.455. The minimum absolute atomic E-state index is 0. The number of nitrogens with one attached hydrogen (secondary N) is 2. The lowest BCUT2D eigenvalue weighted by Crippen LogP contribution is -2.59. The fourth-order valence-electron chi connectivity index (χ4n) is 12.3. The number of piperazine rings is 2. The number of nitriles is 2. The molecule has 9 N–H and O–H groups in total. The summed E-state index contributed by atoms with van der Waals surface area (Å²) < 4.78 is 38.7. The second kappa shape index (κ2) is 45.3. The van der Waals surface area contributed by atoms with Crippen LogP contribution in [0.3, 0.4) is 0 Å². The molecule has 123 heavy (non-hydrogen) atoms. The number of rotatable bonds is 11. The Morgan fingerprint density at radius 3 is 1.14 bits per heavy atom. The number of halogens is 4. The van der Waals surface area contributed by atoms with Crippen LogP contribution in [0, 0.1) is 48.1 Å². The summed E-state index contributed by atoms with van der Waals surface area (Å²) in [6, 6.07) is 20.5. The average molecular weight is 1790 g/mol. The third-order valence-electron chi connectivity index (χ3n) is 19.1. The van der Waals surface area contributed by atoms with Crippen molar-refractivity contribution in [1.29, 1.82) is 10.5 Å². The molecule has 0 radical (unpaired) electrons. The van der Waals surface area contributed by atoms with E-state index in [2.05, 4.69) is 66.6 Å². The minimum atomic E-state index is -1.47. The standard InChI is InChI=1S/C29H30FN9O3S.C24H25FN8S.C6H9NO4.2C5H7NO4.C3H3ClO3.C3H7NO.2CH4.ClH/c1-4-21-25(35(3)29-33-24(22(14-31)43-29)18-5-7-19(30)8-6-18)26-32-23(13-17(2)39(26)34-21)36-9-11-37(12-10-36)27(41)28(42)38-15-20(40)16-38;1-4-18-22(23-28-20(13-15(2)33(23)30-18)32-11-9-27-10-12-32)31(3)24-29-21(19(14-26)34-24)16-5-7-17(25)8-6-16;1-11-6(10)5(9)7-2-4(8)3-7;2*7-3-1-6(2-3)4(8)5(9)10;1-7-3(6)2(4)5;5-3-1-4-2-3;;;/h5-8,13,20,40H,4,9-12,15-16H2,1-3H3;5-8,13,27H,4,9-12H2,1-3H3;4,8H,2-3H2,1H3;2*3,7H,1-2H2,(H,9,10);1H3;3-5H,1-2H2;2*1H4;1H. The summed E-state index contributed by atoms with van der Waals surface area (Å²) in [4.78, 5) is 142. The van der Waals surface area contributed by atoms with Gasteiger partial charge in [0.2, 0.25) is 0 Å². The van der Waals surface area contributed by atoms with Crippen LogP contribution in [-0.4, -0.2) is 335 Å². The molecule has 7 aliphatic heterocycles. The first kappa shape index (κ1) is 100.0. The van der Waals surface area contributed by atoms with Crippen LogP contribution in [0.4, 0.5) is 42.1 Å². The molecule has 0 saturated carbocycles. The van der Waals surface area contributed by atoms with Gasteiger partial charge < -0.3 is 100.0 Å². The number of thiazole rings is 2. The van der Waals surface area contributed by atoms with Crippen molar-refractivity contribution >= 4 is 150 Å². The summed E-state index contributed by atoms with van der Waals surface area (Å²) in [6.07, 6.45) is -0.793. The number of hydrogen-bond donors (Lipinski definition) is 9. The predicted molar refractivity (Wildman–Crippen MR) is 449 cm³/mol. The van der Waals surface area contributed by atoms with Crippen LogP contribution in [0.15, 0.2) is 60.7 Å². The number of fused-ring (bicyclic) bond motifs is 2. The zero-order chi connectivity index (χ0) is 87.7. The molecule has 2 aromatic carbocycles. The monoisotopic (exact) mass is 1790 g/mol. The molecular weight excluding hydrogens is 1700 g/mol. The highest BCUT2D eigenvalue weighted by molar-refractivity contribution is 7.17. The summed E-state index contributed by atoms with van der Waals surface area (Å²) in [5, 5.41) is 95.9. The van der Waals surface area contributed by atoms with Gasteiger partial charge in [-0.05, 0) is 86.8 Å². The number of aliphatic hydroxyl groups excluding tert-OH is 5. The number of methoxy groups -OCH3 is 2. The number of aliphatic hydroxyl groups is 5. The Hall–Kier alpha value is -11.8. The number of benzene rings is 2.